The first-order valence-corrected chi connectivity index (χ1v) is 42.8. The van der Waals surface area contributed by atoms with Crippen molar-refractivity contribution in [3.8, 4) is 11.5 Å². The van der Waals surface area contributed by atoms with E-state index < -0.39 is 179 Å². The Kier molecular flexibility index (Phi) is 40.9. The van der Waals surface area contributed by atoms with Gasteiger partial charge in [-0.25, -0.2) is 4.79 Å². The SMILES string of the molecule is CCSSC[C@H](NC(=O)OC(C)(C)C)C(=O)CCCOCCOCC(=O)N[C@@H](Cc1ccc(OC(C)(C)C)cc1)C(=O)C[C@@H](COC(C)(C)C)C(=O)N[C@H](C(=O)C[C@H]1COC(=O)[C@H](CCSC)CC(=O)[C@H](C(C)CC)NC(=O)[C@H](Cc2ccccc2)NC(=O)[C@H](Cc2ccc(OC(C)(C)C)cc2)NC1=O)C(C)OC(C)(C)C. The van der Waals surface area contributed by atoms with Gasteiger partial charge in [-0.05, 0) is 189 Å². The number of cyclic esters (lactones) is 1. The molecule has 3 aromatic rings. The lowest BCUT2D eigenvalue weighted by molar-refractivity contribution is -0.154. The van der Waals surface area contributed by atoms with Gasteiger partial charge in [-0.3, -0.25) is 47.9 Å². The Balaban J connectivity index is 1.74. The number of ether oxygens (including phenoxy) is 8. The molecule has 112 heavy (non-hydrogen) atoms. The van der Waals surface area contributed by atoms with Crippen LogP contribution in [-0.2, 0) is 95.6 Å². The highest BCUT2D eigenvalue weighted by Gasteiger charge is 2.41. The van der Waals surface area contributed by atoms with Gasteiger partial charge < -0.3 is 69.8 Å². The van der Waals surface area contributed by atoms with Crippen LogP contribution in [0.25, 0.3) is 0 Å². The van der Waals surface area contributed by atoms with Crippen LogP contribution < -0.4 is 41.4 Å². The molecule has 1 heterocycles. The van der Waals surface area contributed by atoms with Gasteiger partial charge in [-0.2, -0.15) is 11.8 Å². The van der Waals surface area contributed by atoms with Gasteiger partial charge >= 0.3 is 12.1 Å². The Labute approximate surface area is 676 Å². The molecule has 0 saturated carbocycles. The second-order valence-electron chi connectivity index (χ2n) is 33.4. The zero-order valence-corrected chi connectivity index (χ0v) is 72.2. The molecule has 28 heteroatoms. The molecular weight excluding hydrogens is 1490 g/mol. The standard InChI is InChI=1S/C84H128N6O19S3/c1-21-53(3)72-69(93)46-58(38-42-110-20)78(100)104-49-59(74(96)86-64(45-57-32-36-62(37-33-57)108-83(14,15)16)76(98)87-65(77(99)89-72)44-55-27-24-23-25-28-55)48-70(94)73(54(4)106-81(8,9)10)90-75(97)60(50-105-80(5,6)7)47-68(92)63(43-56-30-34-61(35-31-56)107-82(11,12)13)85-71(95)51-103-41-40-102-39-26-29-67(91)66(52-112-111-22-2)88-79(101)109-84(17,18)19/h23-25,27-28,30-37,53-54,58-60,63-66,72-73H,21-22,26,29,38-52H2,1-20H3,(H,85,95)(H,86,96)(H,87,98)(H,88,101)(H,89,99)(H,90,97)/t53?,54?,58-,59+,60+,63+,64+,65+,66+,72+,73+/m1/s1. The number of carbonyl (C=O) groups is 11. The van der Waals surface area contributed by atoms with Gasteiger partial charge in [0.1, 0.15) is 65.7 Å². The molecule has 0 spiro atoms. The summed E-state index contributed by atoms with van der Waals surface area (Å²) < 4.78 is 47.7. The van der Waals surface area contributed by atoms with Gasteiger partial charge in [0, 0.05) is 56.6 Å². The number of amides is 6. The minimum Gasteiger partial charge on any atom is -0.488 e. The molecule has 25 nitrogen and oxygen atoms in total. The summed E-state index contributed by atoms with van der Waals surface area (Å²) >= 11 is 1.44. The van der Waals surface area contributed by atoms with E-state index in [-0.39, 0.29) is 70.7 Å². The van der Waals surface area contributed by atoms with Gasteiger partial charge in [0.15, 0.2) is 23.1 Å². The second kappa shape index (κ2) is 47.1. The summed E-state index contributed by atoms with van der Waals surface area (Å²) in [6.07, 6.45) is -0.636. The quantitative estimate of drug-likeness (QED) is 0.0175. The number of carbonyl (C=O) groups excluding carboxylic acids is 11. The van der Waals surface area contributed by atoms with Crippen LogP contribution in [0.2, 0.25) is 0 Å². The van der Waals surface area contributed by atoms with E-state index in [9.17, 15) is 28.8 Å². The molecule has 1 fully saturated rings. The Morgan fingerprint density at radius 3 is 1.72 bits per heavy atom. The van der Waals surface area contributed by atoms with Crippen molar-refractivity contribution >= 4 is 98.1 Å². The molecule has 626 valence electrons. The fourth-order valence-electron chi connectivity index (χ4n) is 11.8. The van der Waals surface area contributed by atoms with Crippen LogP contribution in [0.5, 0.6) is 11.5 Å². The minimum atomic E-state index is -1.57. The number of rotatable bonds is 41. The van der Waals surface area contributed by atoms with Crippen LogP contribution in [0, 0.1) is 23.7 Å². The van der Waals surface area contributed by atoms with Crippen molar-refractivity contribution in [1.29, 1.82) is 0 Å². The lowest BCUT2D eigenvalue weighted by Gasteiger charge is -2.33. The molecule has 3 aromatic carbocycles. The van der Waals surface area contributed by atoms with Crippen molar-refractivity contribution in [3.05, 3.63) is 95.6 Å². The van der Waals surface area contributed by atoms with Crippen LogP contribution in [0.3, 0.4) is 0 Å². The van der Waals surface area contributed by atoms with Gasteiger partial charge in [0.25, 0.3) is 0 Å². The van der Waals surface area contributed by atoms with Crippen molar-refractivity contribution in [1.82, 2.24) is 31.9 Å². The Bertz CT molecular complexity index is 3500. The summed E-state index contributed by atoms with van der Waals surface area (Å²) in [6.45, 7) is 33.1. The fraction of sp³-hybridized carbons (Fsp3) is 0.655. The van der Waals surface area contributed by atoms with Crippen molar-refractivity contribution < 1.29 is 90.6 Å². The smallest absolute Gasteiger partial charge is 0.408 e. The average molecular weight is 1620 g/mol. The molecule has 0 aliphatic carbocycles. The molecule has 0 aromatic heterocycles. The van der Waals surface area contributed by atoms with Crippen LogP contribution in [-0.4, -0.2) is 198 Å². The summed E-state index contributed by atoms with van der Waals surface area (Å²) in [4.78, 5) is 160. The van der Waals surface area contributed by atoms with E-state index >= 15 is 24.0 Å². The summed E-state index contributed by atoms with van der Waals surface area (Å²) in [5, 5.41) is 17.1. The van der Waals surface area contributed by atoms with Crippen molar-refractivity contribution in [3.63, 3.8) is 0 Å². The van der Waals surface area contributed by atoms with Gasteiger partial charge in [0.05, 0.1) is 67.0 Å². The first-order valence-electron chi connectivity index (χ1n) is 38.9. The highest BCUT2D eigenvalue weighted by atomic mass is 33.1. The highest BCUT2D eigenvalue weighted by molar-refractivity contribution is 8.76. The third-order valence-electron chi connectivity index (χ3n) is 17.4. The third-order valence-corrected chi connectivity index (χ3v) is 20.6. The van der Waals surface area contributed by atoms with Gasteiger partial charge in [0.2, 0.25) is 29.5 Å². The summed E-state index contributed by atoms with van der Waals surface area (Å²) in [7, 11) is 3.05. The maximum absolute atomic E-state index is 15.6. The zero-order chi connectivity index (χ0) is 83.7. The third kappa shape index (κ3) is 38.8. The number of alkyl carbamates (subject to hydrolysis) is 1. The number of esters is 1. The van der Waals surface area contributed by atoms with Crippen LogP contribution >= 0.6 is 33.3 Å². The van der Waals surface area contributed by atoms with Crippen molar-refractivity contribution in [2.75, 3.05) is 63.2 Å². The number of thioether (sulfide) groups is 1. The molecule has 4 rings (SSSR count). The van der Waals surface area contributed by atoms with E-state index in [0.29, 0.717) is 52.5 Å². The first kappa shape index (κ1) is 97.3. The van der Waals surface area contributed by atoms with Crippen LogP contribution in [0.15, 0.2) is 78.9 Å². The zero-order valence-electron chi connectivity index (χ0n) is 69.8. The molecule has 0 radical (unpaired) electrons. The predicted molar refractivity (Wildman–Crippen MR) is 439 cm³/mol. The molecule has 1 saturated heterocycles. The maximum atomic E-state index is 15.6. The molecule has 11 atom stereocenters. The Morgan fingerprint density at radius 2 is 1.17 bits per heavy atom. The van der Waals surface area contributed by atoms with Crippen molar-refractivity contribution in [2.45, 2.75) is 266 Å². The van der Waals surface area contributed by atoms with E-state index in [1.165, 1.54) is 22.6 Å². The number of hydrogen-bond acceptors (Lipinski definition) is 22. The summed E-state index contributed by atoms with van der Waals surface area (Å²) in [6, 6.07) is 15.5. The lowest BCUT2D eigenvalue weighted by Crippen LogP contribution is -2.58. The summed E-state index contributed by atoms with van der Waals surface area (Å²) in [5.41, 5.74) is -1.73. The predicted octanol–water partition coefficient (Wildman–Crippen LogP) is 11.3. The summed E-state index contributed by atoms with van der Waals surface area (Å²) in [5.74, 6) is -8.26. The average Bonchev–Trinajstić information content (AvgIpc) is 0.835. The molecule has 2 unspecified atom stereocenters. The second-order valence-corrected chi connectivity index (χ2v) is 37.2. The van der Waals surface area contributed by atoms with E-state index in [0.717, 1.165) is 5.75 Å². The van der Waals surface area contributed by atoms with E-state index in [2.05, 4.69) is 31.9 Å². The van der Waals surface area contributed by atoms with E-state index in [4.69, 9.17) is 37.9 Å². The normalized spacial score (nSPS) is 18.9. The molecule has 0 bridgehead atoms. The largest absolute Gasteiger partial charge is 0.488 e. The van der Waals surface area contributed by atoms with E-state index in [1.54, 1.807) is 153 Å². The van der Waals surface area contributed by atoms with Crippen LogP contribution in [0.4, 0.5) is 4.79 Å². The maximum Gasteiger partial charge on any atom is 0.408 e. The molecule has 6 amide bonds. The Hall–Kier alpha value is -7.08. The highest BCUT2D eigenvalue weighted by Crippen LogP contribution is 2.28. The number of Topliss-reactive ketones (excluding diaryl/α,β-unsaturated/α-hetero) is 4. The lowest BCUT2D eigenvalue weighted by atomic mass is 9.88. The number of nitrogens with one attached hydrogen (secondary N) is 6. The molecule has 1 aliphatic rings. The van der Waals surface area contributed by atoms with E-state index in [1.807, 2.05) is 74.6 Å². The topological polar surface area (TPSA) is 334 Å². The molecule has 6 N–H and O–H groups in total. The van der Waals surface area contributed by atoms with Gasteiger partial charge in [-0.15, -0.1) is 0 Å². The minimum absolute atomic E-state index is 0.0133. The van der Waals surface area contributed by atoms with Gasteiger partial charge in [-0.1, -0.05) is 103 Å². The fourth-order valence-corrected chi connectivity index (χ4v) is 14.2. The monoisotopic (exact) mass is 1620 g/mol. The molecular formula is C84H128N6O19S3. The molecule has 1 aliphatic heterocycles. The number of benzene rings is 3. The number of hydrogen-bond donors (Lipinski definition) is 6. The van der Waals surface area contributed by atoms with Crippen molar-refractivity contribution in [2.24, 2.45) is 23.7 Å². The number of ketones is 4. The first-order chi connectivity index (χ1) is 52.3. The van der Waals surface area contributed by atoms with Crippen LogP contribution in [0.1, 0.15) is 193 Å². The Morgan fingerprint density at radius 1 is 0.598 bits per heavy atom.